The smallest absolute Gasteiger partial charge is 0.277 e. The SMILES string of the molecule is NCCc1nc(-c2nc(Cc3cccc(Br)c3)no2)cs1. The number of rotatable bonds is 5. The second kappa shape index (κ2) is 6.46. The van der Waals surface area contributed by atoms with E-state index in [1.54, 1.807) is 11.3 Å². The van der Waals surface area contributed by atoms with E-state index in [9.17, 15) is 0 Å². The van der Waals surface area contributed by atoms with Gasteiger partial charge in [-0.2, -0.15) is 4.98 Å². The molecule has 0 aliphatic carbocycles. The van der Waals surface area contributed by atoms with Crippen molar-refractivity contribution in [3.05, 3.63) is 50.5 Å². The van der Waals surface area contributed by atoms with Crippen LogP contribution in [0.15, 0.2) is 38.6 Å². The second-order valence-electron chi connectivity index (χ2n) is 4.49. The molecule has 2 N–H and O–H groups in total. The summed E-state index contributed by atoms with van der Waals surface area (Å²) in [5, 5.41) is 6.91. The molecule has 5 nitrogen and oxygen atoms in total. The maximum absolute atomic E-state index is 5.52. The Balaban J connectivity index is 1.76. The fraction of sp³-hybridized carbons (Fsp3) is 0.214. The van der Waals surface area contributed by atoms with Crippen molar-refractivity contribution in [2.24, 2.45) is 5.73 Å². The van der Waals surface area contributed by atoms with Crippen LogP contribution in [0.4, 0.5) is 0 Å². The second-order valence-corrected chi connectivity index (χ2v) is 6.35. The van der Waals surface area contributed by atoms with Gasteiger partial charge in [-0.3, -0.25) is 0 Å². The van der Waals surface area contributed by atoms with E-state index >= 15 is 0 Å². The van der Waals surface area contributed by atoms with Crippen LogP contribution in [0, 0.1) is 0 Å². The summed E-state index contributed by atoms with van der Waals surface area (Å²) in [6.07, 6.45) is 1.40. The molecule has 1 aromatic carbocycles. The molecule has 0 amide bonds. The summed E-state index contributed by atoms with van der Waals surface area (Å²) in [6.45, 7) is 0.588. The van der Waals surface area contributed by atoms with E-state index in [1.807, 2.05) is 29.6 Å². The Bertz CT molecular complexity index is 740. The summed E-state index contributed by atoms with van der Waals surface area (Å²) >= 11 is 5.01. The minimum Gasteiger partial charge on any atom is -0.332 e. The Hall–Kier alpha value is -1.57. The predicted molar refractivity (Wildman–Crippen MR) is 85.1 cm³/mol. The van der Waals surface area contributed by atoms with Crippen LogP contribution < -0.4 is 5.73 Å². The highest BCUT2D eigenvalue weighted by Crippen LogP contribution is 2.21. The van der Waals surface area contributed by atoms with Crippen molar-refractivity contribution in [2.45, 2.75) is 12.8 Å². The van der Waals surface area contributed by atoms with Crippen LogP contribution in [0.25, 0.3) is 11.6 Å². The number of thiazole rings is 1. The summed E-state index contributed by atoms with van der Waals surface area (Å²) in [5.41, 5.74) is 7.36. The number of nitrogens with zero attached hydrogens (tertiary/aromatic N) is 3. The van der Waals surface area contributed by atoms with Crippen LogP contribution in [0.1, 0.15) is 16.4 Å². The van der Waals surface area contributed by atoms with E-state index in [4.69, 9.17) is 10.3 Å². The zero-order valence-corrected chi connectivity index (χ0v) is 13.5. The van der Waals surface area contributed by atoms with E-state index in [2.05, 4.69) is 31.1 Å². The maximum atomic E-state index is 5.52. The third kappa shape index (κ3) is 3.55. The van der Waals surface area contributed by atoms with Gasteiger partial charge in [0.25, 0.3) is 5.89 Å². The summed E-state index contributed by atoms with van der Waals surface area (Å²) in [6, 6.07) is 8.04. The molecule has 0 spiro atoms. The van der Waals surface area contributed by atoms with E-state index in [0.717, 1.165) is 27.2 Å². The molecule has 0 aliphatic rings. The molecule has 0 radical (unpaired) electrons. The quantitative estimate of drug-likeness (QED) is 0.752. The van der Waals surface area contributed by atoms with E-state index < -0.39 is 0 Å². The Morgan fingerprint density at radius 2 is 2.19 bits per heavy atom. The Morgan fingerprint density at radius 1 is 1.29 bits per heavy atom. The number of halogens is 1. The van der Waals surface area contributed by atoms with Crippen molar-refractivity contribution in [1.82, 2.24) is 15.1 Å². The van der Waals surface area contributed by atoms with Crippen LogP contribution in [0.3, 0.4) is 0 Å². The minimum atomic E-state index is 0.458. The zero-order valence-electron chi connectivity index (χ0n) is 11.1. The molecule has 0 atom stereocenters. The van der Waals surface area contributed by atoms with Crippen LogP contribution in [-0.4, -0.2) is 21.7 Å². The summed E-state index contributed by atoms with van der Waals surface area (Å²) in [5.74, 6) is 1.11. The fourth-order valence-corrected chi connectivity index (χ4v) is 3.14. The zero-order chi connectivity index (χ0) is 14.7. The Morgan fingerprint density at radius 3 is 3.00 bits per heavy atom. The normalized spacial score (nSPS) is 11.0. The molecule has 3 aromatic rings. The van der Waals surface area contributed by atoms with Gasteiger partial charge >= 0.3 is 0 Å². The van der Waals surface area contributed by atoms with Gasteiger partial charge in [0.15, 0.2) is 5.82 Å². The first-order valence-corrected chi connectivity index (χ1v) is 8.14. The molecular formula is C14H13BrN4OS. The van der Waals surface area contributed by atoms with Crippen molar-refractivity contribution in [1.29, 1.82) is 0 Å². The van der Waals surface area contributed by atoms with Gasteiger partial charge < -0.3 is 10.3 Å². The highest BCUT2D eigenvalue weighted by atomic mass is 79.9. The van der Waals surface area contributed by atoms with Gasteiger partial charge in [0.2, 0.25) is 0 Å². The van der Waals surface area contributed by atoms with Crippen LogP contribution in [-0.2, 0) is 12.8 Å². The van der Waals surface area contributed by atoms with Crippen molar-refractivity contribution in [3.63, 3.8) is 0 Å². The summed E-state index contributed by atoms with van der Waals surface area (Å²) in [7, 11) is 0. The molecule has 108 valence electrons. The Kier molecular flexibility index (Phi) is 4.42. The molecule has 0 bridgehead atoms. The molecule has 0 aliphatic heterocycles. The highest BCUT2D eigenvalue weighted by Gasteiger charge is 2.12. The first-order chi connectivity index (χ1) is 10.2. The lowest BCUT2D eigenvalue weighted by Crippen LogP contribution is -2.01. The summed E-state index contributed by atoms with van der Waals surface area (Å²) in [4.78, 5) is 8.84. The van der Waals surface area contributed by atoms with E-state index in [-0.39, 0.29) is 0 Å². The van der Waals surface area contributed by atoms with Gasteiger partial charge in [0.05, 0.1) is 5.01 Å². The molecule has 0 fully saturated rings. The van der Waals surface area contributed by atoms with Gasteiger partial charge in [-0.15, -0.1) is 11.3 Å². The third-order valence-electron chi connectivity index (χ3n) is 2.85. The topological polar surface area (TPSA) is 77.8 Å². The van der Waals surface area contributed by atoms with Gasteiger partial charge in [0, 0.05) is 22.7 Å². The lowest BCUT2D eigenvalue weighted by Gasteiger charge is -1.96. The molecule has 2 heterocycles. The first kappa shape index (κ1) is 14.4. The molecule has 0 saturated carbocycles. The fourth-order valence-electron chi connectivity index (χ4n) is 1.91. The molecule has 21 heavy (non-hydrogen) atoms. The highest BCUT2D eigenvalue weighted by molar-refractivity contribution is 9.10. The molecule has 7 heteroatoms. The standard InChI is InChI=1S/C14H13BrN4OS/c15-10-3-1-2-9(6-10)7-12-18-14(20-19-12)11-8-21-13(17-11)4-5-16/h1-3,6,8H,4-5,7,16H2. The van der Waals surface area contributed by atoms with Gasteiger partial charge in [-0.25, -0.2) is 4.98 Å². The molecule has 0 unspecified atom stereocenters. The van der Waals surface area contributed by atoms with Gasteiger partial charge in [-0.1, -0.05) is 33.2 Å². The molecule has 0 saturated heterocycles. The van der Waals surface area contributed by atoms with Crippen molar-refractivity contribution >= 4 is 27.3 Å². The Labute approximate surface area is 134 Å². The lowest BCUT2D eigenvalue weighted by atomic mass is 10.1. The number of hydrogen-bond donors (Lipinski definition) is 1. The third-order valence-corrected chi connectivity index (χ3v) is 4.25. The first-order valence-electron chi connectivity index (χ1n) is 6.46. The number of aromatic nitrogens is 3. The van der Waals surface area contributed by atoms with Crippen LogP contribution in [0.5, 0.6) is 0 Å². The predicted octanol–water partition coefficient (Wildman–Crippen LogP) is 3.05. The van der Waals surface area contributed by atoms with Crippen molar-refractivity contribution in [3.8, 4) is 11.6 Å². The molecule has 3 rings (SSSR count). The lowest BCUT2D eigenvalue weighted by molar-refractivity contribution is 0.423. The molecule has 2 aromatic heterocycles. The number of nitrogens with two attached hydrogens (primary N) is 1. The van der Waals surface area contributed by atoms with E-state index in [1.165, 1.54) is 0 Å². The number of hydrogen-bond acceptors (Lipinski definition) is 6. The van der Waals surface area contributed by atoms with Crippen molar-refractivity contribution in [2.75, 3.05) is 6.54 Å². The number of benzene rings is 1. The molecular weight excluding hydrogens is 352 g/mol. The summed E-state index contributed by atoms with van der Waals surface area (Å²) < 4.78 is 6.32. The average molecular weight is 365 g/mol. The largest absolute Gasteiger partial charge is 0.332 e. The van der Waals surface area contributed by atoms with Gasteiger partial charge in [0.1, 0.15) is 5.69 Å². The monoisotopic (exact) mass is 364 g/mol. The minimum absolute atomic E-state index is 0.458. The average Bonchev–Trinajstić information content (AvgIpc) is 3.08. The van der Waals surface area contributed by atoms with Crippen LogP contribution >= 0.6 is 27.3 Å². The van der Waals surface area contributed by atoms with Crippen LogP contribution in [0.2, 0.25) is 0 Å². The van der Waals surface area contributed by atoms with Crippen molar-refractivity contribution < 1.29 is 4.52 Å². The van der Waals surface area contributed by atoms with Gasteiger partial charge in [-0.05, 0) is 24.2 Å². The van der Waals surface area contributed by atoms with E-state index in [0.29, 0.717) is 24.7 Å². The maximum Gasteiger partial charge on any atom is 0.277 e.